The molecule has 0 unspecified atom stereocenters. The summed E-state index contributed by atoms with van der Waals surface area (Å²) in [5, 5.41) is 6.56. The van der Waals surface area contributed by atoms with E-state index in [0.29, 0.717) is 0 Å². The molecular formula is C19H22N4S. The first kappa shape index (κ1) is 16.6. The van der Waals surface area contributed by atoms with E-state index in [-0.39, 0.29) is 0 Å². The molecule has 24 heavy (non-hydrogen) atoms. The molecule has 0 aliphatic rings. The molecule has 0 saturated carbocycles. The Kier molecular flexibility index (Phi) is 5.93. The van der Waals surface area contributed by atoms with Crippen LogP contribution in [0.15, 0.2) is 60.1 Å². The summed E-state index contributed by atoms with van der Waals surface area (Å²) in [4.78, 5) is 11.3. The van der Waals surface area contributed by atoms with Crippen LogP contribution in [0.2, 0.25) is 0 Å². The lowest BCUT2D eigenvalue weighted by molar-refractivity contribution is 0.640. The molecule has 0 fully saturated rings. The maximum atomic E-state index is 4.64. The Morgan fingerprint density at radius 3 is 2.71 bits per heavy atom. The molecule has 2 aromatic heterocycles. The number of thiazole rings is 1. The van der Waals surface area contributed by atoms with Gasteiger partial charge in [0.05, 0.1) is 11.4 Å². The number of benzene rings is 1. The van der Waals surface area contributed by atoms with Gasteiger partial charge in [-0.2, -0.15) is 0 Å². The van der Waals surface area contributed by atoms with Crippen molar-refractivity contribution in [2.45, 2.75) is 13.0 Å². The first-order chi connectivity index (χ1) is 11.8. The van der Waals surface area contributed by atoms with Crippen LogP contribution >= 0.6 is 11.3 Å². The fourth-order valence-corrected chi connectivity index (χ4v) is 3.26. The molecule has 0 aliphatic carbocycles. The van der Waals surface area contributed by atoms with Crippen LogP contribution in [0.3, 0.4) is 0 Å². The zero-order valence-electron chi connectivity index (χ0n) is 13.9. The van der Waals surface area contributed by atoms with Gasteiger partial charge in [0.2, 0.25) is 0 Å². The fraction of sp³-hybridized carbons (Fsp3) is 0.263. The number of para-hydroxylation sites is 1. The minimum Gasteiger partial charge on any atom is -0.375 e. The van der Waals surface area contributed by atoms with Gasteiger partial charge >= 0.3 is 0 Å². The van der Waals surface area contributed by atoms with Crippen molar-refractivity contribution in [2.24, 2.45) is 0 Å². The summed E-state index contributed by atoms with van der Waals surface area (Å²) in [6.07, 6.45) is 2.90. The predicted molar refractivity (Wildman–Crippen MR) is 101 cm³/mol. The van der Waals surface area contributed by atoms with Crippen LogP contribution in [-0.2, 0) is 6.54 Å². The van der Waals surface area contributed by atoms with Gasteiger partial charge in [-0.15, -0.1) is 11.3 Å². The maximum absolute atomic E-state index is 4.64. The highest BCUT2D eigenvalue weighted by atomic mass is 32.1. The van der Waals surface area contributed by atoms with Gasteiger partial charge in [-0.3, -0.25) is 4.98 Å². The van der Waals surface area contributed by atoms with Gasteiger partial charge in [0.25, 0.3) is 0 Å². The molecule has 4 nitrogen and oxygen atoms in total. The number of nitrogens with one attached hydrogen (secondary N) is 1. The molecule has 0 aliphatic heterocycles. The van der Waals surface area contributed by atoms with Crippen LogP contribution in [0.5, 0.6) is 0 Å². The van der Waals surface area contributed by atoms with Gasteiger partial charge in [-0.25, -0.2) is 4.98 Å². The Hall–Kier alpha value is -2.24. The van der Waals surface area contributed by atoms with Crippen molar-refractivity contribution in [3.05, 3.63) is 65.8 Å². The SMILES string of the molecule is CN(CCCNCc1csc(-c2ccccn2)n1)c1ccccc1. The van der Waals surface area contributed by atoms with Crippen LogP contribution in [0, 0.1) is 0 Å². The monoisotopic (exact) mass is 338 g/mol. The first-order valence-corrected chi connectivity index (χ1v) is 9.03. The summed E-state index contributed by atoms with van der Waals surface area (Å²) in [6, 6.07) is 16.4. The molecule has 2 heterocycles. The Morgan fingerprint density at radius 1 is 1.08 bits per heavy atom. The van der Waals surface area contributed by atoms with Gasteiger partial charge in [0, 0.05) is 37.4 Å². The standard InChI is InChI=1S/C19H22N4S/c1-23(17-8-3-2-4-9-17)13-7-11-20-14-16-15-24-19(22-16)18-10-5-6-12-21-18/h2-6,8-10,12,15,20H,7,11,13-14H2,1H3. The molecule has 1 N–H and O–H groups in total. The summed E-state index contributed by atoms with van der Waals surface area (Å²) >= 11 is 1.65. The van der Waals surface area contributed by atoms with Crippen molar-refractivity contribution in [3.63, 3.8) is 0 Å². The Labute approximate surface area is 147 Å². The Morgan fingerprint density at radius 2 is 1.92 bits per heavy atom. The van der Waals surface area contributed by atoms with Gasteiger partial charge in [-0.1, -0.05) is 24.3 Å². The summed E-state index contributed by atoms with van der Waals surface area (Å²) in [5.41, 5.74) is 3.28. The summed E-state index contributed by atoms with van der Waals surface area (Å²) < 4.78 is 0. The third-order valence-electron chi connectivity index (χ3n) is 3.79. The average Bonchev–Trinajstić information content (AvgIpc) is 3.12. The number of anilines is 1. The molecule has 0 bridgehead atoms. The highest BCUT2D eigenvalue weighted by Gasteiger charge is 2.05. The lowest BCUT2D eigenvalue weighted by atomic mass is 10.3. The van der Waals surface area contributed by atoms with Gasteiger partial charge in [0.1, 0.15) is 5.01 Å². The van der Waals surface area contributed by atoms with Crippen molar-refractivity contribution in [1.82, 2.24) is 15.3 Å². The van der Waals surface area contributed by atoms with E-state index >= 15 is 0 Å². The fourth-order valence-electron chi connectivity index (χ4n) is 2.46. The molecule has 0 saturated heterocycles. The van der Waals surface area contributed by atoms with Crippen molar-refractivity contribution < 1.29 is 0 Å². The normalized spacial score (nSPS) is 10.7. The van der Waals surface area contributed by atoms with Crippen molar-refractivity contribution in [2.75, 3.05) is 25.0 Å². The minimum absolute atomic E-state index is 0.804. The second kappa shape index (κ2) is 8.57. The molecule has 0 amide bonds. The number of rotatable bonds is 8. The molecular weight excluding hydrogens is 316 g/mol. The highest BCUT2D eigenvalue weighted by molar-refractivity contribution is 7.13. The van der Waals surface area contributed by atoms with Crippen molar-refractivity contribution in [1.29, 1.82) is 0 Å². The lowest BCUT2D eigenvalue weighted by Crippen LogP contribution is -2.23. The van der Waals surface area contributed by atoms with Crippen LogP contribution in [0.1, 0.15) is 12.1 Å². The first-order valence-electron chi connectivity index (χ1n) is 8.15. The molecule has 0 atom stereocenters. The van der Waals surface area contributed by atoms with E-state index in [4.69, 9.17) is 0 Å². The number of hydrogen-bond donors (Lipinski definition) is 1. The van der Waals surface area contributed by atoms with Crippen LogP contribution in [-0.4, -0.2) is 30.1 Å². The van der Waals surface area contributed by atoms with Gasteiger partial charge in [-0.05, 0) is 37.2 Å². The van der Waals surface area contributed by atoms with E-state index in [2.05, 4.69) is 56.9 Å². The second-order valence-corrected chi connectivity index (χ2v) is 6.50. The van der Waals surface area contributed by atoms with E-state index < -0.39 is 0 Å². The summed E-state index contributed by atoms with van der Waals surface area (Å²) in [6.45, 7) is 2.82. The average molecular weight is 338 g/mol. The molecule has 0 radical (unpaired) electrons. The summed E-state index contributed by atoms with van der Waals surface area (Å²) in [5.74, 6) is 0. The third-order valence-corrected chi connectivity index (χ3v) is 4.70. The van der Waals surface area contributed by atoms with E-state index in [9.17, 15) is 0 Å². The zero-order chi connectivity index (χ0) is 16.6. The molecule has 124 valence electrons. The third kappa shape index (κ3) is 4.63. The zero-order valence-corrected chi connectivity index (χ0v) is 14.7. The van der Waals surface area contributed by atoms with E-state index in [1.807, 2.05) is 24.3 Å². The van der Waals surface area contributed by atoms with E-state index in [1.165, 1.54) is 5.69 Å². The molecule has 0 spiro atoms. The van der Waals surface area contributed by atoms with Crippen LogP contribution < -0.4 is 10.2 Å². The number of pyridine rings is 1. The Bertz CT molecular complexity index is 727. The maximum Gasteiger partial charge on any atom is 0.142 e. The number of aromatic nitrogens is 2. The summed E-state index contributed by atoms with van der Waals surface area (Å²) in [7, 11) is 2.13. The minimum atomic E-state index is 0.804. The lowest BCUT2D eigenvalue weighted by Gasteiger charge is -2.19. The smallest absolute Gasteiger partial charge is 0.142 e. The van der Waals surface area contributed by atoms with Crippen LogP contribution in [0.4, 0.5) is 5.69 Å². The Balaban J connectivity index is 1.39. The number of nitrogens with zero attached hydrogens (tertiary/aromatic N) is 3. The molecule has 3 aromatic rings. The van der Waals surface area contributed by atoms with E-state index in [0.717, 1.165) is 42.5 Å². The van der Waals surface area contributed by atoms with Crippen molar-refractivity contribution >= 4 is 17.0 Å². The largest absolute Gasteiger partial charge is 0.375 e. The van der Waals surface area contributed by atoms with Crippen LogP contribution in [0.25, 0.3) is 10.7 Å². The molecule has 3 rings (SSSR count). The quantitative estimate of drug-likeness (QED) is 0.634. The second-order valence-electron chi connectivity index (χ2n) is 5.65. The predicted octanol–water partition coefficient (Wildman–Crippen LogP) is 3.82. The molecule has 1 aromatic carbocycles. The topological polar surface area (TPSA) is 41.0 Å². The van der Waals surface area contributed by atoms with Crippen molar-refractivity contribution in [3.8, 4) is 10.7 Å². The van der Waals surface area contributed by atoms with Gasteiger partial charge < -0.3 is 10.2 Å². The molecule has 5 heteroatoms. The van der Waals surface area contributed by atoms with E-state index in [1.54, 1.807) is 17.5 Å². The highest BCUT2D eigenvalue weighted by Crippen LogP contribution is 2.21. The van der Waals surface area contributed by atoms with Gasteiger partial charge in [0.15, 0.2) is 0 Å². The number of hydrogen-bond acceptors (Lipinski definition) is 5.